The lowest BCUT2D eigenvalue weighted by Crippen LogP contribution is -2.31. The molecule has 188 valence electrons. The van der Waals surface area contributed by atoms with Gasteiger partial charge in [0.15, 0.2) is 11.5 Å². The molecule has 0 radical (unpaired) electrons. The molecular weight excluding hydrogens is 496 g/mol. The van der Waals surface area contributed by atoms with Gasteiger partial charge in [0.25, 0.3) is 11.6 Å². The number of nitrogens with one attached hydrogen (secondary N) is 1. The number of carbonyl (C=O) groups excluding carboxylic acids is 1. The molecule has 10 heteroatoms. The molecule has 37 heavy (non-hydrogen) atoms. The van der Waals surface area contributed by atoms with Crippen molar-refractivity contribution < 1.29 is 19.2 Å². The van der Waals surface area contributed by atoms with Crippen LogP contribution in [0.15, 0.2) is 66.7 Å². The minimum absolute atomic E-state index is 0.0465. The fourth-order valence-corrected chi connectivity index (χ4v) is 4.82. The highest BCUT2D eigenvalue weighted by Crippen LogP contribution is 2.43. The number of aromatic nitrogens is 2. The number of ether oxygens (including phenoxy) is 2. The number of nitrogens with zero attached hydrogens (tertiary/aromatic N) is 3. The fourth-order valence-electron chi connectivity index (χ4n) is 4.70. The summed E-state index contributed by atoms with van der Waals surface area (Å²) in [5, 5.41) is 19.4. The molecule has 0 saturated carbocycles. The normalized spacial score (nSPS) is 14.5. The number of benzene rings is 3. The summed E-state index contributed by atoms with van der Waals surface area (Å²) >= 11 is 6.08. The molecule has 2 heterocycles. The lowest BCUT2D eigenvalue weighted by molar-refractivity contribution is -0.384. The van der Waals surface area contributed by atoms with E-state index in [-0.39, 0.29) is 11.6 Å². The summed E-state index contributed by atoms with van der Waals surface area (Å²) in [6.07, 6.45) is 0.533. The van der Waals surface area contributed by atoms with Crippen LogP contribution >= 0.6 is 11.6 Å². The highest BCUT2D eigenvalue weighted by Gasteiger charge is 2.42. The van der Waals surface area contributed by atoms with Crippen LogP contribution in [0.1, 0.15) is 33.2 Å². The van der Waals surface area contributed by atoms with Crippen LogP contribution in [0.2, 0.25) is 5.02 Å². The summed E-state index contributed by atoms with van der Waals surface area (Å²) < 4.78 is 10.7. The van der Waals surface area contributed by atoms with Crippen molar-refractivity contribution in [2.24, 2.45) is 0 Å². The third kappa shape index (κ3) is 4.49. The summed E-state index contributed by atoms with van der Waals surface area (Å²) in [6, 6.07) is 18.6. The van der Waals surface area contributed by atoms with E-state index in [1.54, 1.807) is 43.4 Å². The summed E-state index contributed by atoms with van der Waals surface area (Å²) in [6.45, 7) is 0.365. The van der Waals surface area contributed by atoms with Gasteiger partial charge in [0.1, 0.15) is 5.69 Å². The highest BCUT2D eigenvalue weighted by atomic mass is 35.5. The number of halogens is 1. The van der Waals surface area contributed by atoms with Crippen molar-refractivity contribution in [3.8, 4) is 22.8 Å². The number of methoxy groups -OCH3 is 2. The number of rotatable bonds is 8. The number of nitro groups is 1. The molecule has 0 saturated heterocycles. The lowest BCUT2D eigenvalue weighted by Gasteiger charge is -2.26. The maximum absolute atomic E-state index is 13.6. The van der Waals surface area contributed by atoms with Crippen molar-refractivity contribution >= 4 is 23.2 Å². The second-order valence-electron chi connectivity index (χ2n) is 8.56. The van der Waals surface area contributed by atoms with Crippen LogP contribution in [0, 0.1) is 10.1 Å². The topological polar surface area (TPSA) is 111 Å². The summed E-state index contributed by atoms with van der Waals surface area (Å²) in [5.74, 6) is 0.994. The number of hydrogen-bond donors (Lipinski definition) is 1. The Kier molecular flexibility index (Phi) is 6.54. The Bertz CT molecular complexity index is 1480. The zero-order valence-corrected chi connectivity index (χ0v) is 20.9. The Morgan fingerprint density at radius 3 is 2.51 bits per heavy atom. The molecule has 4 aromatic rings. The maximum Gasteiger partial charge on any atom is 0.273 e. The average Bonchev–Trinajstić information content (AvgIpc) is 3.46. The molecule has 1 aliphatic heterocycles. The van der Waals surface area contributed by atoms with Gasteiger partial charge in [-0.2, -0.15) is 5.10 Å². The van der Waals surface area contributed by atoms with Crippen LogP contribution in [-0.4, -0.2) is 46.7 Å². The average molecular weight is 519 g/mol. The first-order valence-electron chi connectivity index (χ1n) is 11.5. The smallest absolute Gasteiger partial charge is 0.273 e. The Labute approximate surface area is 217 Å². The number of nitro benzene ring substituents is 1. The van der Waals surface area contributed by atoms with Gasteiger partial charge in [0.05, 0.1) is 30.9 Å². The Balaban J connectivity index is 1.56. The molecule has 1 aromatic heterocycles. The minimum Gasteiger partial charge on any atom is -0.493 e. The third-order valence-corrected chi connectivity index (χ3v) is 6.72. The second kappa shape index (κ2) is 9.94. The van der Waals surface area contributed by atoms with Gasteiger partial charge >= 0.3 is 0 Å². The van der Waals surface area contributed by atoms with Crippen LogP contribution in [-0.2, 0) is 6.42 Å². The first-order valence-corrected chi connectivity index (χ1v) is 11.9. The van der Waals surface area contributed by atoms with Crippen molar-refractivity contribution in [3.05, 3.63) is 104 Å². The van der Waals surface area contributed by atoms with E-state index in [1.807, 2.05) is 30.3 Å². The van der Waals surface area contributed by atoms with Gasteiger partial charge in [0.2, 0.25) is 0 Å². The zero-order valence-electron chi connectivity index (χ0n) is 20.1. The van der Waals surface area contributed by atoms with Crippen molar-refractivity contribution in [1.82, 2.24) is 15.1 Å². The molecule has 3 aromatic carbocycles. The van der Waals surface area contributed by atoms with Gasteiger partial charge in [-0.1, -0.05) is 41.9 Å². The number of H-pyrrole nitrogens is 1. The Hall–Kier alpha value is -4.37. The van der Waals surface area contributed by atoms with Crippen LogP contribution in [0.3, 0.4) is 0 Å². The van der Waals surface area contributed by atoms with E-state index in [0.717, 1.165) is 11.1 Å². The molecule has 1 amide bonds. The molecule has 1 aliphatic rings. The summed E-state index contributed by atoms with van der Waals surface area (Å²) in [4.78, 5) is 26.4. The predicted octanol–water partition coefficient (Wildman–Crippen LogP) is 5.44. The summed E-state index contributed by atoms with van der Waals surface area (Å²) in [7, 11) is 3.14. The Morgan fingerprint density at radius 2 is 1.81 bits per heavy atom. The van der Waals surface area contributed by atoms with E-state index < -0.39 is 11.0 Å². The van der Waals surface area contributed by atoms with E-state index in [1.165, 1.54) is 12.1 Å². The van der Waals surface area contributed by atoms with E-state index in [2.05, 4.69) is 10.2 Å². The molecule has 0 bridgehead atoms. The number of amides is 1. The SMILES string of the molecule is COc1ccc(CCN2C(=O)c3[nH]nc(-c4ccc(Cl)cc4)c3C2c2cccc([N+](=O)[O-])c2)cc1OC. The van der Waals surface area contributed by atoms with Crippen molar-refractivity contribution in [2.75, 3.05) is 20.8 Å². The quantitative estimate of drug-likeness (QED) is 0.245. The first-order chi connectivity index (χ1) is 17.9. The van der Waals surface area contributed by atoms with Gasteiger partial charge in [-0.15, -0.1) is 0 Å². The van der Waals surface area contributed by atoms with Crippen LogP contribution in [0.4, 0.5) is 5.69 Å². The second-order valence-corrected chi connectivity index (χ2v) is 9.00. The molecule has 1 unspecified atom stereocenters. The zero-order chi connectivity index (χ0) is 26.1. The largest absolute Gasteiger partial charge is 0.493 e. The van der Waals surface area contributed by atoms with Gasteiger partial charge in [-0.3, -0.25) is 20.0 Å². The summed E-state index contributed by atoms with van der Waals surface area (Å²) in [5.41, 5.74) is 3.97. The van der Waals surface area contributed by atoms with E-state index in [4.69, 9.17) is 21.1 Å². The van der Waals surface area contributed by atoms with Gasteiger partial charge in [-0.05, 0) is 41.8 Å². The highest BCUT2D eigenvalue weighted by molar-refractivity contribution is 6.30. The molecule has 9 nitrogen and oxygen atoms in total. The standard InChI is InChI=1S/C27H23ClN4O5/c1-36-21-11-6-16(14-22(21)37-2)12-13-31-26(18-4-3-5-20(15-18)32(34)35)23-24(29-30-25(23)27(31)33)17-7-9-19(28)10-8-17/h3-11,14-15,26H,12-13H2,1-2H3,(H,29,30). The predicted molar refractivity (Wildman–Crippen MR) is 138 cm³/mol. The van der Waals surface area contributed by atoms with Crippen LogP contribution in [0.5, 0.6) is 11.5 Å². The number of carbonyl (C=O) groups is 1. The van der Waals surface area contributed by atoms with E-state index >= 15 is 0 Å². The van der Waals surface area contributed by atoms with Gasteiger partial charge in [-0.25, -0.2) is 0 Å². The van der Waals surface area contributed by atoms with E-state index in [9.17, 15) is 14.9 Å². The molecule has 1 atom stereocenters. The fraction of sp³-hybridized carbons (Fsp3) is 0.185. The molecule has 5 rings (SSSR count). The molecule has 0 aliphatic carbocycles. The molecule has 0 spiro atoms. The van der Waals surface area contributed by atoms with Gasteiger partial charge in [0, 0.05) is 34.8 Å². The van der Waals surface area contributed by atoms with Crippen LogP contribution in [0.25, 0.3) is 11.3 Å². The molecular formula is C27H23ClN4O5. The van der Waals surface area contributed by atoms with Crippen LogP contribution < -0.4 is 9.47 Å². The minimum atomic E-state index is -0.563. The lowest BCUT2D eigenvalue weighted by atomic mass is 9.95. The number of aromatic amines is 1. The molecule has 0 fully saturated rings. The van der Waals surface area contributed by atoms with Crippen molar-refractivity contribution in [1.29, 1.82) is 0 Å². The third-order valence-electron chi connectivity index (χ3n) is 6.47. The van der Waals surface area contributed by atoms with Gasteiger partial charge < -0.3 is 14.4 Å². The maximum atomic E-state index is 13.6. The number of non-ortho nitro benzene ring substituents is 1. The van der Waals surface area contributed by atoms with E-state index in [0.29, 0.717) is 52.0 Å². The monoisotopic (exact) mass is 518 g/mol. The first kappa shape index (κ1) is 24.3. The van der Waals surface area contributed by atoms with Crippen molar-refractivity contribution in [3.63, 3.8) is 0 Å². The molecule has 1 N–H and O–H groups in total. The number of hydrogen-bond acceptors (Lipinski definition) is 6. The van der Waals surface area contributed by atoms with Crippen molar-refractivity contribution in [2.45, 2.75) is 12.5 Å². The Morgan fingerprint density at radius 1 is 1.05 bits per heavy atom. The number of fused-ring (bicyclic) bond motifs is 1.